The molecule has 1 aliphatic heterocycles. The molecule has 0 saturated carbocycles. The minimum atomic E-state index is -0.505. The predicted octanol–water partition coefficient (Wildman–Crippen LogP) is 3.20. The van der Waals surface area contributed by atoms with Gasteiger partial charge in [-0.05, 0) is 33.3 Å². The molecule has 3 heterocycles. The second kappa shape index (κ2) is 5.44. The van der Waals surface area contributed by atoms with E-state index in [0.717, 1.165) is 23.1 Å². The van der Waals surface area contributed by atoms with Crippen LogP contribution >= 0.6 is 0 Å². The zero-order valence-corrected chi connectivity index (χ0v) is 13.0. The summed E-state index contributed by atoms with van der Waals surface area (Å²) in [6, 6.07) is 1.92. The quantitative estimate of drug-likeness (QED) is 0.821. The van der Waals surface area contributed by atoms with Crippen LogP contribution in [0.3, 0.4) is 0 Å². The minimum Gasteiger partial charge on any atom is -0.444 e. The molecule has 22 heavy (non-hydrogen) atoms. The van der Waals surface area contributed by atoms with E-state index in [-0.39, 0.29) is 12.1 Å². The minimum absolute atomic E-state index is 0.0750. The number of hydrogen-bond donors (Lipinski definition) is 1. The molecule has 2 aromatic rings. The first kappa shape index (κ1) is 14.6. The SMILES string of the molecule is CC(C)(C)OC(=O)N1CC=CCC1c1cc2cncnc2[nH]1. The molecule has 0 fully saturated rings. The number of carbonyl (C=O) groups excluding carboxylic acids is 1. The topological polar surface area (TPSA) is 71.1 Å². The number of aromatic nitrogens is 3. The Bertz CT molecular complexity index is 681. The Morgan fingerprint density at radius 3 is 2.95 bits per heavy atom. The maximum atomic E-state index is 12.4. The van der Waals surface area contributed by atoms with Gasteiger partial charge in [0, 0.05) is 23.8 Å². The molecule has 1 unspecified atom stereocenters. The van der Waals surface area contributed by atoms with E-state index in [9.17, 15) is 4.79 Å². The number of aromatic amines is 1. The molecule has 0 spiro atoms. The van der Waals surface area contributed by atoms with Crippen molar-refractivity contribution < 1.29 is 9.53 Å². The number of carbonyl (C=O) groups is 1. The fourth-order valence-corrected chi connectivity index (χ4v) is 2.56. The Labute approximate surface area is 129 Å². The number of H-pyrrole nitrogens is 1. The fourth-order valence-electron chi connectivity index (χ4n) is 2.56. The van der Waals surface area contributed by atoms with Gasteiger partial charge in [-0.1, -0.05) is 12.2 Å². The number of fused-ring (bicyclic) bond motifs is 1. The van der Waals surface area contributed by atoms with Gasteiger partial charge in [0.25, 0.3) is 0 Å². The molecule has 0 radical (unpaired) electrons. The lowest BCUT2D eigenvalue weighted by Crippen LogP contribution is -2.40. The van der Waals surface area contributed by atoms with Crippen LogP contribution in [0.1, 0.15) is 38.9 Å². The summed E-state index contributed by atoms with van der Waals surface area (Å²) in [7, 11) is 0. The Morgan fingerprint density at radius 2 is 2.23 bits per heavy atom. The predicted molar refractivity (Wildman–Crippen MR) is 83.3 cm³/mol. The normalized spacial score (nSPS) is 18.7. The first-order valence-corrected chi connectivity index (χ1v) is 7.37. The Hall–Kier alpha value is -2.37. The summed E-state index contributed by atoms with van der Waals surface area (Å²) >= 11 is 0. The summed E-state index contributed by atoms with van der Waals surface area (Å²) in [5, 5.41) is 0.941. The summed E-state index contributed by atoms with van der Waals surface area (Å²) in [6.45, 7) is 6.16. The highest BCUT2D eigenvalue weighted by atomic mass is 16.6. The molecule has 0 aromatic carbocycles. The lowest BCUT2D eigenvalue weighted by atomic mass is 10.1. The van der Waals surface area contributed by atoms with Gasteiger partial charge in [0.15, 0.2) is 0 Å². The van der Waals surface area contributed by atoms with Crippen molar-refractivity contribution in [3.63, 3.8) is 0 Å². The first-order chi connectivity index (χ1) is 10.4. The zero-order valence-electron chi connectivity index (χ0n) is 13.0. The van der Waals surface area contributed by atoms with Gasteiger partial charge in [0.1, 0.15) is 17.6 Å². The summed E-state index contributed by atoms with van der Waals surface area (Å²) in [5.74, 6) is 0. The standard InChI is InChI=1S/C16H20N4O2/c1-16(2,3)22-15(21)20-7-5-4-6-13(20)12-8-11-9-17-10-18-14(11)19-12/h4-5,8-10,13H,6-7H2,1-3H3,(H,17,18,19). The molecule has 6 nitrogen and oxygen atoms in total. The maximum Gasteiger partial charge on any atom is 0.411 e. The number of rotatable bonds is 1. The zero-order chi connectivity index (χ0) is 15.7. The largest absolute Gasteiger partial charge is 0.444 e. The number of amides is 1. The van der Waals surface area contributed by atoms with Crippen molar-refractivity contribution in [3.8, 4) is 0 Å². The molecule has 0 aliphatic carbocycles. The van der Waals surface area contributed by atoms with Crippen molar-refractivity contribution >= 4 is 17.1 Å². The monoisotopic (exact) mass is 300 g/mol. The van der Waals surface area contributed by atoms with Crippen molar-refractivity contribution in [2.45, 2.75) is 38.8 Å². The first-order valence-electron chi connectivity index (χ1n) is 7.37. The molecule has 1 N–H and O–H groups in total. The van der Waals surface area contributed by atoms with Crippen LogP contribution in [0, 0.1) is 0 Å². The second-order valence-electron chi connectivity index (χ2n) is 6.41. The van der Waals surface area contributed by atoms with E-state index in [1.807, 2.05) is 32.9 Å². The van der Waals surface area contributed by atoms with Gasteiger partial charge in [-0.3, -0.25) is 4.90 Å². The molecule has 1 amide bonds. The molecule has 1 atom stereocenters. The highest BCUT2D eigenvalue weighted by Gasteiger charge is 2.30. The Kier molecular flexibility index (Phi) is 3.60. The van der Waals surface area contributed by atoms with Crippen LogP contribution < -0.4 is 0 Å². The average Bonchev–Trinajstić information content (AvgIpc) is 2.89. The lowest BCUT2D eigenvalue weighted by Gasteiger charge is -2.34. The van der Waals surface area contributed by atoms with Crippen LogP contribution in [-0.4, -0.2) is 38.1 Å². The molecular weight excluding hydrogens is 280 g/mol. The van der Waals surface area contributed by atoms with Crippen molar-refractivity contribution in [2.24, 2.45) is 0 Å². The van der Waals surface area contributed by atoms with E-state index in [1.165, 1.54) is 6.33 Å². The van der Waals surface area contributed by atoms with E-state index in [0.29, 0.717) is 6.54 Å². The number of nitrogens with zero attached hydrogens (tertiary/aromatic N) is 3. The molecule has 1 aliphatic rings. The molecular formula is C16H20N4O2. The van der Waals surface area contributed by atoms with Gasteiger partial charge in [-0.25, -0.2) is 14.8 Å². The Morgan fingerprint density at radius 1 is 1.41 bits per heavy atom. The molecule has 116 valence electrons. The van der Waals surface area contributed by atoms with Crippen molar-refractivity contribution in [1.29, 1.82) is 0 Å². The summed E-state index contributed by atoms with van der Waals surface area (Å²) in [4.78, 5) is 25.7. The van der Waals surface area contributed by atoms with Gasteiger partial charge < -0.3 is 9.72 Å². The smallest absolute Gasteiger partial charge is 0.411 e. The van der Waals surface area contributed by atoms with E-state index in [2.05, 4.69) is 21.0 Å². The summed E-state index contributed by atoms with van der Waals surface area (Å²) in [5.41, 5.74) is 1.23. The summed E-state index contributed by atoms with van der Waals surface area (Å²) in [6.07, 6.45) is 7.80. The van der Waals surface area contributed by atoms with Crippen LogP contribution in [0.2, 0.25) is 0 Å². The van der Waals surface area contributed by atoms with Gasteiger partial charge in [-0.15, -0.1) is 0 Å². The van der Waals surface area contributed by atoms with Gasteiger partial charge in [-0.2, -0.15) is 0 Å². The van der Waals surface area contributed by atoms with Crippen molar-refractivity contribution in [2.75, 3.05) is 6.54 Å². The van der Waals surface area contributed by atoms with Crippen LogP contribution in [-0.2, 0) is 4.74 Å². The van der Waals surface area contributed by atoms with Gasteiger partial charge >= 0.3 is 6.09 Å². The average molecular weight is 300 g/mol. The second-order valence-corrected chi connectivity index (χ2v) is 6.41. The van der Waals surface area contributed by atoms with E-state index < -0.39 is 5.60 Å². The van der Waals surface area contributed by atoms with Crippen LogP contribution in [0.4, 0.5) is 4.79 Å². The van der Waals surface area contributed by atoms with Crippen molar-refractivity contribution in [1.82, 2.24) is 19.9 Å². The number of hydrogen-bond acceptors (Lipinski definition) is 4. The molecule has 0 saturated heterocycles. The highest BCUT2D eigenvalue weighted by molar-refractivity contribution is 5.76. The lowest BCUT2D eigenvalue weighted by molar-refractivity contribution is 0.0172. The fraction of sp³-hybridized carbons (Fsp3) is 0.438. The molecule has 0 bridgehead atoms. The third-order valence-electron chi connectivity index (χ3n) is 3.51. The third-order valence-corrected chi connectivity index (χ3v) is 3.51. The summed E-state index contributed by atoms with van der Waals surface area (Å²) < 4.78 is 5.51. The molecule has 3 rings (SSSR count). The number of nitrogens with one attached hydrogen (secondary N) is 1. The third kappa shape index (κ3) is 2.95. The van der Waals surface area contributed by atoms with Crippen LogP contribution in [0.15, 0.2) is 30.7 Å². The maximum absolute atomic E-state index is 12.4. The van der Waals surface area contributed by atoms with E-state index in [1.54, 1.807) is 11.1 Å². The van der Waals surface area contributed by atoms with Gasteiger partial charge in [0.05, 0.1) is 6.04 Å². The van der Waals surface area contributed by atoms with Crippen LogP contribution in [0.5, 0.6) is 0 Å². The Balaban J connectivity index is 1.89. The van der Waals surface area contributed by atoms with E-state index in [4.69, 9.17) is 4.74 Å². The molecule has 2 aromatic heterocycles. The van der Waals surface area contributed by atoms with Crippen molar-refractivity contribution in [3.05, 3.63) is 36.4 Å². The van der Waals surface area contributed by atoms with E-state index >= 15 is 0 Å². The van der Waals surface area contributed by atoms with Crippen LogP contribution in [0.25, 0.3) is 11.0 Å². The van der Waals surface area contributed by atoms with Gasteiger partial charge in [0.2, 0.25) is 0 Å². The number of ether oxygens (including phenoxy) is 1. The molecule has 6 heteroatoms. The highest BCUT2D eigenvalue weighted by Crippen LogP contribution is 2.30.